The highest BCUT2D eigenvalue weighted by Gasteiger charge is 2.41. The number of hydrogen-bond acceptors (Lipinski definition) is 8. The molecule has 0 saturated carbocycles. The first kappa shape index (κ1) is 34.7. The van der Waals surface area contributed by atoms with E-state index in [0.29, 0.717) is 24.4 Å². The number of nitrogens with zero attached hydrogens (tertiary/aromatic N) is 2. The molecule has 1 aromatic heterocycles. The van der Waals surface area contributed by atoms with E-state index >= 15 is 0 Å². The van der Waals surface area contributed by atoms with E-state index in [4.69, 9.17) is 4.74 Å². The molecule has 0 aliphatic carbocycles. The van der Waals surface area contributed by atoms with E-state index in [2.05, 4.69) is 22.5 Å². The summed E-state index contributed by atoms with van der Waals surface area (Å²) in [6.45, 7) is 14.6. The van der Waals surface area contributed by atoms with Crippen LogP contribution in [0.4, 0.5) is 0 Å². The number of ether oxygens (including phenoxy) is 1. The number of esters is 1. The van der Waals surface area contributed by atoms with Crippen molar-refractivity contribution in [3.05, 3.63) is 16.1 Å². The first-order valence-corrected chi connectivity index (χ1v) is 15.9. The van der Waals surface area contributed by atoms with Crippen molar-refractivity contribution < 1.29 is 29.0 Å². The average molecular weight is 595 g/mol. The Kier molecular flexibility index (Phi) is 13.7. The third-order valence-electron chi connectivity index (χ3n) is 8.12. The summed E-state index contributed by atoms with van der Waals surface area (Å²) >= 11 is 1.13. The largest absolute Gasteiger partial charge is 0.476 e. The smallest absolute Gasteiger partial charge is 0.355 e. The molecular weight excluding hydrogens is 544 g/mol. The van der Waals surface area contributed by atoms with Crippen LogP contribution in [0.3, 0.4) is 0 Å². The Bertz CT molecular complexity index is 1020. The molecule has 2 amide bonds. The second-order valence-corrected chi connectivity index (χ2v) is 12.7. The van der Waals surface area contributed by atoms with Gasteiger partial charge in [-0.2, -0.15) is 0 Å². The van der Waals surface area contributed by atoms with Gasteiger partial charge in [0.05, 0.1) is 5.54 Å². The molecule has 0 bridgehead atoms. The van der Waals surface area contributed by atoms with E-state index in [-0.39, 0.29) is 41.8 Å². The fourth-order valence-electron chi connectivity index (χ4n) is 5.31. The van der Waals surface area contributed by atoms with Crippen LogP contribution in [0, 0.1) is 11.8 Å². The zero-order chi connectivity index (χ0) is 30.7. The Labute approximate surface area is 249 Å². The Hall–Kier alpha value is -2.53. The molecule has 0 unspecified atom stereocenters. The summed E-state index contributed by atoms with van der Waals surface area (Å²) in [5.74, 6) is -2.07. The second kappa shape index (κ2) is 16.2. The molecule has 2 rings (SSSR count). The molecule has 1 saturated heterocycles. The van der Waals surface area contributed by atoms with Crippen LogP contribution in [0.25, 0.3) is 0 Å². The van der Waals surface area contributed by atoms with Crippen LogP contribution in [0.15, 0.2) is 5.38 Å². The first-order chi connectivity index (χ1) is 19.3. The standard InChI is InChI=1S/C30H50N4O6S/c1-8-10-11-12-16-34(27(36)25(20(5)9-2)33-29(39)30(7)14-13-15-31-30)23(19(3)4)17-24(40-21(6)35)26-32-22(18-41-26)28(37)38/h18-20,23-25,31H,8-17H2,1-7H3,(H,33,39)(H,37,38)/t20-,23+,24+,25-,30+/m0/s1. The molecule has 2 heterocycles. The van der Waals surface area contributed by atoms with Gasteiger partial charge in [-0.3, -0.25) is 14.4 Å². The fourth-order valence-corrected chi connectivity index (χ4v) is 6.14. The molecule has 10 nitrogen and oxygen atoms in total. The molecular formula is C30H50N4O6S. The minimum absolute atomic E-state index is 0.00982. The molecule has 41 heavy (non-hydrogen) atoms. The minimum atomic E-state index is -1.15. The highest BCUT2D eigenvalue weighted by Crippen LogP contribution is 2.32. The molecule has 1 aromatic rings. The summed E-state index contributed by atoms with van der Waals surface area (Å²) in [6.07, 6.45) is 5.68. The number of carbonyl (C=O) groups excluding carboxylic acids is 3. The van der Waals surface area contributed by atoms with Gasteiger partial charge in [-0.05, 0) is 44.6 Å². The Morgan fingerprint density at radius 1 is 1.20 bits per heavy atom. The number of carbonyl (C=O) groups is 4. The molecule has 0 radical (unpaired) electrons. The summed E-state index contributed by atoms with van der Waals surface area (Å²) in [4.78, 5) is 57.5. The number of aromatic carboxylic acids is 1. The van der Waals surface area contributed by atoms with Crippen LogP contribution < -0.4 is 10.6 Å². The summed E-state index contributed by atoms with van der Waals surface area (Å²) in [5.41, 5.74) is -0.813. The van der Waals surface area contributed by atoms with E-state index < -0.39 is 29.6 Å². The van der Waals surface area contributed by atoms with Crippen LogP contribution in [0.5, 0.6) is 0 Å². The zero-order valence-corrected chi connectivity index (χ0v) is 26.6. The van der Waals surface area contributed by atoms with Gasteiger partial charge in [0.25, 0.3) is 0 Å². The quantitative estimate of drug-likeness (QED) is 0.170. The molecule has 0 spiro atoms. The van der Waals surface area contributed by atoms with E-state index in [1.165, 1.54) is 12.3 Å². The normalized spacial score (nSPS) is 19.8. The lowest BCUT2D eigenvalue weighted by Crippen LogP contribution is -2.60. The molecule has 1 aliphatic heterocycles. The van der Waals surface area contributed by atoms with Crippen LogP contribution in [0.1, 0.15) is 121 Å². The molecule has 3 N–H and O–H groups in total. The molecule has 11 heteroatoms. The number of aromatic nitrogens is 1. The Morgan fingerprint density at radius 3 is 2.41 bits per heavy atom. The van der Waals surface area contributed by atoms with Crippen LogP contribution in [-0.4, -0.2) is 69.5 Å². The lowest BCUT2D eigenvalue weighted by molar-refractivity contribution is -0.149. The third-order valence-corrected chi connectivity index (χ3v) is 9.06. The van der Waals surface area contributed by atoms with E-state index in [9.17, 15) is 24.3 Å². The zero-order valence-electron chi connectivity index (χ0n) is 25.8. The van der Waals surface area contributed by atoms with Crippen LogP contribution >= 0.6 is 11.3 Å². The monoisotopic (exact) mass is 594 g/mol. The minimum Gasteiger partial charge on any atom is -0.476 e. The summed E-state index contributed by atoms with van der Waals surface area (Å²) < 4.78 is 5.66. The number of rotatable bonds is 17. The van der Waals surface area contributed by atoms with E-state index in [0.717, 1.165) is 50.0 Å². The van der Waals surface area contributed by atoms with Gasteiger partial charge < -0.3 is 25.4 Å². The van der Waals surface area contributed by atoms with Crippen LogP contribution in [-0.2, 0) is 19.1 Å². The topological polar surface area (TPSA) is 138 Å². The fraction of sp³-hybridized carbons (Fsp3) is 0.767. The third kappa shape index (κ3) is 9.77. The van der Waals surface area contributed by atoms with Crippen molar-refractivity contribution in [2.75, 3.05) is 13.1 Å². The molecule has 1 fully saturated rings. The maximum Gasteiger partial charge on any atom is 0.355 e. The highest BCUT2D eigenvalue weighted by atomic mass is 32.1. The van der Waals surface area contributed by atoms with E-state index in [1.54, 1.807) is 0 Å². The van der Waals surface area contributed by atoms with Gasteiger partial charge in [0, 0.05) is 31.3 Å². The van der Waals surface area contributed by atoms with Crippen molar-refractivity contribution in [3.63, 3.8) is 0 Å². The lowest BCUT2D eigenvalue weighted by Gasteiger charge is -2.40. The van der Waals surface area contributed by atoms with Gasteiger partial charge in [-0.15, -0.1) is 11.3 Å². The van der Waals surface area contributed by atoms with Crippen molar-refractivity contribution in [3.8, 4) is 0 Å². The Morgan fingerprint density at radius 2 is 1.90 bits per heavy atom. The Balaban J connectivity index is 2.44. The number of nitrogens with one attached hydrogen (secondary N) is 2. The average Bonchev–Trinajstić information content (AvgIpc) is 3.59. The number of amides is 2. The summed E-state index contributed by atoms with van der Waals surface area (Å²) in [6, 6.07) is -1.04. The molecule has 0 aromatic carbocycles. The van der Waals surface area contributed by atoms with Gasteiger partial charge in [-0.25, -0.2) is 9.78 Å². The molecule has 1 aliphatic rings. The number of unbranched alkanes of at least 4 members (excludes halogenated alkanes) is 3. The summed E-state index contributed by atoms with van der Waals surface area (Å²) in [7, 11) is 0. The maximum absolute atomic E-state index is 14.4. The number of carboxylic acids is 1. The first-order valence-electron chi connectivity index (χ1n) is 15.1. The van der Waals surface area contributed by atoms with Crippen molar-refractivity contribution >= 4 is 35.1 Å². The predicted molar refractivity (Wildman–Crippen MR) is 160 cm³/mol. The van der Waals surface area contributed by atoms with Crippen molar-refractivity contribution in [2.45, 2.75) is 124 Å². The SMILES string of the molecule is CCCCCCN(C(=O)[C@@H](NC(=O)[C@@]1(C)CCCN1)[C@@H](C)CC)[C@H](C[C@@H](OC(C)=O)c1nc(C(=O)O)cs1)C(C)C. The molecule has 232 valence electrons. The number of hydrogen-bond donors (Lipinski definition) is 3. The highest BCUT2D eigenvalue weighted by molar-refractivity contribution is 7.09. The summed E-state index contributed by atoms with van der Waals surface area (Å²) in [5, 5.41) is 17.6. The number of carboxylic acid groups (broad SMARTS) is 1. The van der Waals surface area contributed by atoms with Crippen molar-refractivity contribution in [2.24, 2.45) is 11.8 Å². The van der Waals surface area contributed by atoms with Gasteiger partial charge in [-0.1, -0.05) is 60.3 Å². The van der Waals surface area contributed by atoms with E-state index in [1.807, 2.05) is 39.5 Å². The van der Waals surface area contributed by atoms with Gasteiger partial charge in [0.1, 0.15) is 11.0 Å². The number of thiazole rings is 1. The van der Waals surface area contributed by atoms with Gasteiger partial charge in [0.2, 0.25) is 11.8 Å². The maximum atomic E-state index is 14.4. The molecule has 5 atom stereocenters. The predicted octanol–water partition coefficient (Wildman–Crippen LogP) is 4.94. The second-order valence-electron chi connectivity index (χ2n) is 11.8. The van der Waals surface area contributed by atoms with Gasteiger partial charge >= 0.3 is 11.9 Å². The lowest BCUT2D eigenvalue weighted by atomic mass is 9.91. The van der Waals surface area contributed by atoms with Gasteiger partial charge in [0.15, 0.2) is 11.8 Å². The van der Waals surface area contributed by atoms with Crippen molar-refractivity contribution in [1.29, 1.82) is 0 Å². The van der Waals surface area contributed by atoms with Crippen LogP contribution in [0.2, 0.25) is 0 Å². The van der Waals surface area contributed by atoms with Crippen molar-refractivity contribution in [1.82, 2.24) is 20.5 Å².